The number of carbonyl (C=O) groups excluding carboxylic acids is 2. The van der Waals surface area contributed by atoms with Crippen LogP contribution >= 0.6 is 0 Å². The lowest BCUT2D eigenvalue weighted by Crippen LogP contribution is -2.41. The Morgan fingerprint density at radius 2 is 1.71 bits per heavy atom. The first-order valence-corrected chi connectivity index (χ1v) is 11.9. The summed E-state index contributed by atoms with van der Waals surface area (Å²) in [5.74, 6) is 0.878. The number of ether oxygens (including phenoxy) is 2. The molecule has 0 aliphatic carbocycles. The fraction of sp³-hybridized carbons (Fsp3) is 0.321. The molecule has 182 valence electrons. The minimum atomic E-state index is -0.499. The summed E-state index contributed by atoms with van der Waals surface area (Å²) in [5, 5.41) is 2.97. The van der Waals surface area contributed by atoms with Gasteiger partial charge in [-0.05, 0) is 81.5 Å². The summed E-state index contributed by atoms with van der Waals surface area (Å²) in [6.45, 7) is 6.91. The number of hydrogen-bond donors (Lipinski definition) is 1. The van der Waals surface area contributed by atoms with Crippen molar-refractivity contribution in [3.63, 3.8) is 0 Å². The van der Waals surface area contributed by atoms with Crippen LogP contribution in [0.2, 0.25) is 0 Å². The van der Waals surface area contributed by atoms with Gasteiger partial charge in [-0.3, -0.25) is 4.79 Å². The average Bonchev–Trinajstić information content (AvgIpc) is 2.84. The van der Waals surface area contributed by atoms with Crippen molar-refractivity contribution < 1.29 is 19.1 Å². The van der Waals surface area contributed by atoms with E-state index in [4.69, 9.17) is 9.47 Å². The Labute approximate surface area is 206 Å². The molecule has 1 fully saturated rings. The number of anilines is 1. The molecule has 7 heteroatoms. The summed E-state index contributed by atoms with van der Waals surface area (Å²) in [6, 6.07) is 20.5. The van der Waals surface area contributed by atoms with Crippen LogP contribution in [0.1, 0.15) is 55.5 Å². The van der Waals surface area contributed by atoms with Gasteiger partial charge in [0.25, 0.3) is 5.91 Å². The van der Waals surface area contributed by atoms with Gasteiger partial charge in [0.15, 0.2) is 0 Å². The lowest BCUT2D eigenvalue weighted by atomic mass is 9.89. The molecule has 0 saturated carbocycles. The normalized spacial score (nSPS) is 14.3. The quantitative estimate of drug-likeness (QED) is 0.474. The topological polar surface area (TPSA) is 80.8 Å². The summed E-state index contributed by atoms with van der Waals surface area (Å²) in [6.07, 6.45) is 3.02. The molecular formula is C28H31N3O4. The monoisotopic (exact) mass is 473 g/mol. The number of rotatable bonds is 5. The molecule has 0 atom stereocenters. The number of hydrogen-bond acceptors (Lipinski definition) is 5. The fourth-order valence-electron chi connectivity index (χ4n) is 4.04. The van der Waals surface area contributed by atoms with E-state index in [-0.39, 0.29) is 17.9 Å². The number of nitrogens with one attached hydrogen (secondary N) is 1. The maximum atomic E-state index is 13.1. The molecule has 1 saturated heterocycles. The van der Waals surface area contributed by atoms with Crippen molar-refractivity contribution in [2.24, 2.45) is 0 Å². The standard InChI is InChI=1S/C28H31N3O4/c1-28(2,3)35-27(33)31-17-14-20(15-18-31)21-9-7-10-22(19-21)30-25(32)24-13-8-16-29-26(24)34-23-11-5-4-6-12-23/h4-13,16,19-20H,14-15,17-18H2,1-3H3,(H,30,32). The Kier molecular flexibility index (Phi) is 7.34. The van der Waals surface area contributed by atoms with Gasteiger partial charge in [0.05, 0.1) is 0 Å². The summed E-state index contributed by atoms with van der Waals surface area (Å²) in [5.41, 5.74) is 1.70. The molecule has 4 rings (SSSR count). The Morgan fingerprint density at radius 1 is 0.971 bits per heavy atom. The van der Waals surface area contributed by atoms with E-state index >= 15 is 0 Å². The second-order valence-corrected chi connectivity index (χ2v) is 9.59. The first-order chi connectivity index (χ1) is 16.8. The number of likely N-dealkylation sites (tertiary alicyclic amines) is 1. The van der Waals surface area contributed by atoms with Crippen molar-refractivity contribution in [2.75, 3.05) is 18.4 Å². The highest BCUT2D eigenvalue weighted by Gasteiger charge is 2.27. The third-order valence-corrected chi connectivity index (χ3v) is 5.74. The van der Waals surface area contributed by atoms with Crippen LogP contribution in [-0.4, -0.2) is 40.6 Å². The third kappa shape index (κ3) is 6.59. The van der Waals surface area contributed by atoms with Crippen LogP contribution in [0.15, 0.2) is 72.9 Å². The zero-order valence-corrected chi connectivity index (χ0v) is 20.4. The molecule has 2 amide bonds. The van der Waals surface area contributed by atoms with Gasteiger partial charge in [-0.15, -0.1) is 0 Å². The molecule has 0 spiro atoms. The van der Waals surface area contributed by atoms with E-state index in [1.54, 1.807) is 23.2 Å². The predicted molar refractivity (Wildman–Crippen MR) is 135 cm³/mol. The smallest absolute Gasteiger partial charge is 0.410 e. The molecule has 1 N–H and O–H groups in total. The third-order valence-electron chi connectivity index (χ3n) is 5.74. The highest BCUT2D eigenvalue weighted by Crippen LogP contribution is 2.31. The summed E-state index contributed by atoms with van der Waals surface area (Å²) in [4.78, 5) is 31.4. The maximum absolute atomic E-state index is 13.1. The minimum absolute atomic E-state index is 0.252. The number of aromatic nitrogens is 1. The number of nitrogens with zero attached hydrogens (tertiary/aromatic N) is 2. The van der Waals surface area contributed by atoms with Gasteiger partial charge >= 0.3 is 6.09 Å². The van der Waals surface area contributed by atoms with Crippen molar-refractivity contribution in [2.45, 2.75) is 45.1 Å². The largest absolute Gasteiger partial charge is 0.444 e. The van der Waals surface area contributed by atoms with E-state index in [1.165, 1.54) is 0 Å². The van der Waals surface area contributed by atoms with Crippen molar-refractivity contribution in [1.82, 2.24) is 9.88 Å². The van der Waals surface area contributed by atoms with Crippen molar-refractivity contribution >= 4 is 17.7 Å². The van der Waals surface area contributed by atoms with Crippen molar-refractivity contribution in [3.05, 3.63) is 84.1 Å². The van der Waals surface area contributed by atoms with Crippen LogP contribution in [0.25, 0.3) is 0 Å². The van der Waals surface area contributed by atoms with E-state index in [0.717, 1.165) is 18.4 Å². The lowest BCUT2D eigenvalue weighted by Gasteiger charge is -2.33. The Morgan fingerprint density at radius 3 is 2.43 bits per heavy atom. The second kappa shape index (κ2) is 10.6. The van der Waals surface area contributed by atoms with E-state index in [2.05, 4.69) is 16.4 Å². The van der Waals surface area contributed by atoms with Crippen LogP contribution in [0, 0.1) is 0 Å². The molecule has 0 unspecified atom stereocenters. The van der Waals surface area contributed by atoms with Crippen molar-refractivity contribution in [3.8, 4) is 11.6 Å². The fourth-order valence-corrected chi connectivity index (χ4v) is 4.04. The Hall–Kier alpha value is -3.87. The molecule has 1 aliphatic heterocycles. The van der Waals surface area contributed by atoms with Gasteiger partial charge in [-0.1, -0.05) is 30.3 Å². The lowest BCUT2D eigenvalue weighted by molar-refractivity contribution is 0.0204. The molecule has 2 heterocycles. The second-order valence-electron chi connectivity index (χ2n) is 9.59. The molecule has 0 bridgehead atoms. The number of para-hydroxylation sites is 1. The number of piperidine rings is 1. The molecule has 35 heavy (non-hydrogen) atoms. The van der Waals surface area contributed by atoms with Gasteiger partial charge in [0.2, 0.25) is 5.88 Å². The predicted octanol–water partition coefficient (Wildman–Crippen LogP) is 6.24. The van der Waals surface area contributed by atoms with E-state index in [1.807, 2.05) is 69.3 Å². The van der Waals surface area contributed by atoms with Gasteiger partial charge < -0.3 is 19.7 Å². The Bertz CT molecular complexity index is 1170. The zero-order chi connectivity index (χ0) is 24.8. The molecule has 3 aromatic rings. The number of benzene rings is 2. The first kappa shape index (κ1) is 24.3. The van der Waals surface area contributed by atoms with Crippen LogP contribution in [0.3, 0.4) is 0 Å². The highest BCUT2D eigenvalue weighted by molar-refractivity contribution is 6.05. The zero-order valence-electron chi connectivity index (χ0n) is 20.4. The van der Waals surface area contributed by atoms with Gasteiger partial charge in [0, 0.05) is 25.0 Å². The SMILES string of the molecule is CC(C)(C)OC(=O)N1CCC(c2cccc(NC(=O)c3cccnc3Oc3ccccc3)c2)CC1. The minimum Gasteiger partial charge on any atom is -0.444 e. The Balaban J connectivity index is 1.40. The molecule has 1 aliphatic rings. The molecule has 7 nitrogen and oxygen atoms in total. The molecule has 1 aromatic heterocycles. The molecule has 2 aromatic carbocycles. The van der Waals surface area contributed by atoms with Crippen molar-refractivity contribution in [1.29, 1.82) is 0 Å². The number of carbonyl (C=O) groups is 2. The number of pyridine rings is 1. The van der Waals surface area contributed by atoms with E-state index in [0.29, 0.717) is 36.0 Å². The average molecular weight is 474 g/mol. The van der Waals surface area contributed by atoms with Gasteiger partial charge in [-0.2, -0.15) is 0 Å². The van der Waals surface area contributed by atoms with E-state index < -0.39 is 5.60 Å². The number of amides is 2. The highest BCUT2D eigenvalue weighted by atomic mass is 16.6. The summed E-state index contributed by atoms with van der Waals surface area (Å²) in [7, 11) is 0. The summed E-state index contributed by atoms with van der Waals surface area (Å²) < 4.78 is 11.3. The summed E-state index contributed by atoms with van der Waals surface area (Å²) >= 11 is 0. The van der Waals surface area contributed by atoms with Gasteiger partial charge in [0.1, 0.15) is 16.9 Å². The van der Waals surface area contributed by atoms with E-state index in [9.17, 15) is 9.59 Å². The first-order valence-electron chi connectivity index (χ1n) is 11.9. The van der Waals surface area contributed by atoms with Gasteiger partial charge in [-0.25, -0.2) is 9.78 Å². The van der Waals surface area contributed by atoms with Crippen LogP contribution in [0.4, 0.5) is 10.5 Å². The maximum Gasteiger partial charge on any atom is 0.410 e. The van der Waals surface area contributed by atoms with Crippen LogP contribution < -0.4 is 10.1 Å². The van der Waals surface area contributed by atoms with Crippen LogP contribution in [0.5, 0.6) is 11.6 Å². The van der Waals surface area contributed by atoms with Crippen LogP contribution in [-0.2, 0) is 4.74 Å². The molecule has 0 radical (unpaired) electrons. The molecular weight excluding hydrogens is 442 g/mol.